The van der Waals surface area contributed by atoms with Gasteiger partial charge in [-0.15, -0.1) is 0 Å². The third-order valence-electron chi connectivity index (χ3n) is 4.04. The van der Waals surface area contributed by atoms with Gasteiger partial charge in [-0.2, -0.15) is 8.78 Å². The minimum atomic E-state index is -3.74. The zero-order valence-electron chi connectivity index (χ0n) is 16.0. The quantitative estimate of drug-likeness (QED) is 0.618. The molecule has 1 aliphatic heterocycles. The molecular weight excluding hydrogens is 436 g/mol. The van der Waals surface area contributed by atoms with Crippen molar-refractivity contribution in [2.45, 2.75) is 24.5 Å². The average Bonchev–Trinajstić information content (AvgIpc) is 2.97. The highest BCUT2D eigenvalue weighted by Gasteiger charge is 2.31. The van der Waals surface area contributed by atoms with Gasteiger partial charge in [-0.25, -0.2) is 13.2 Å². The molecule has 1 heterocycles. The van der Waals surface area contributed by atoms with Crippen molar-refractivity contribution in [3.8, 4) is 5.75 Å². The molecule has 31 heavy (non-hydrogen) atoms. The van der Waals surface area contributed by atoms with E-state index in [1.807, 2.05) is 0 Å². The van der Waals surface area contributed by atoms with Gasteiger partial charge in [-0.1, -0.05) is 12.1 Å². The van der Waals surface area contributed by atoms with Crippen LogP contribution in [0, 0.1) is 0 Å². The normalized spacial score (nSPS) is 16.3. The number of carbonyl (C=O) groups is 2. The highest BCUT2D eigenvalue weighted by atomic mass is 32.2. The van der Waals surface area contributed by atoms with Crippen molar-refractivity contribution in [3.05, 3.63) is 54.1 Å². The molecule has 0 aliphatic carbocycles. The predicted octanol–water partition coefficient (Wildman–Crippen LogP) is 1.90. The summed E-state index contributed by atoms with van der Waals surface area (Å²) in [6.07, 6.45) is 0. The highest BCUT2D eigenvalue weighted by Crippen LogP contribution is 2.22. The van der Waals surface area contributed by atoms with Crippen LogP contribution in [0.4, 0.5) is 14.5 Å². The Kier molecular flexibility index (Phi) is 6.49. The summed E-state index contributed by atoms with van der Waals surface area (Å²) in [4.78, 5) is 28.2. The molecular formula is C19H17F2N3O6S. The van der Waals surface area contributed by atoms with Crippen LogP contribution in [-0.4, -0.2) is 45.4 Å². The van der Waals surface area contributed by atoms with Crippen molar-refractivity contribution in [1.82, 2.24) is 4.72 Å². The smallest absolute Gasteiger partial charge is 0.387 e. The number of aliphatic imine (C=N–C) groups is 1. The highest BCUT2D eigenvalue weighted by molar-refractivity contribution is 7.90. The standard InChI is InChI=1S/C19H17F2N3O6S/c1-11(22-17-14-4-2-3-5-15(14)31(27,28)24-17)18(26)29-10-16(25)23-12-6-8-13(9-7-12)30-19(20)21/h2-9,11,19H,10H2,1H3,(H,22,24)(H,23,25)/t11-/m1/s1. The van der Waals surface area contributed by atoms with Crippen LogP contribution in [-0.2, 0) is 24.3 Å². The Morgan fingerprint density at radius 2 is 1.81 bits per heavy atom. The number of nitrogens with one attached hydrogen (secondary N) is 2. The maximum absolute atomic E-state index is 12.1. The van der Waals surface area contributed by atoms with Crippen molar-refractivity contribution in [2.24, 2.45) is 4.99 Å². The Morgan fingerprint density at radius 1 is 1.13 bits per heavy atom. The molecule has 0 bridgehead atoms. The lowest BCUT2D eigenvalue weighted by molar-refractivity contribution is -0.148. The van der Waals surface area contributed by atoms with Crippen LogP contribution in [0.25, 0.3) is 0 Å². The number of anilines is 1. The van der Waals surface area contributed by atoms with Crippen LogP contribution in [0.15, 0.2) is 58.4 Å². The second-order valence-corrected chi connectivity index (χ2v) is 7.96. The molecule has 0 spiro atoms. The van der Waals surface area contributed by atoms with Gasteiger partial charge in [0.05, 0.1) is 4.90 Å². The first kappa shape index (κ1) is 22.2. The summed E-state index contributed by atoms with van der Waals surface area (Å²) in [5, 5.41) is 2.43. The summed E-state index contributed by atoms with van der Waals surface area (Å²) in [6.45, 7) is -2.19. The Labute approximate surface area is 176 Å². The molecule has 2 aromatic rings. The first-order valence-electron chi connectivity index (χ1n) is 8.87. The Morgan fingerprint density at radius 3 is 2.48 bits per heavy atom. The second kappa shape index (κ2) is 9.08. The van der Waals surface area contributed by atoms with E-state index < -0.39 is 41.2 Å². The second-order valence-electron chi connectivity index (χ2n) is 6.31. The lowest BCUT2D eigenvalue weighted by Gasteiger charge is -2.10. The van der Waals surface area contributed by atoms with Crippen LogP contribution < -0.4 is 14.8 Å². The largest absolute Gasteiger partial charge is 0.454 e. The van der Waals surface area contributed by atoms with E-state index in [0.717, 1.165) is 0 Å². The number of amides is 1. The fraction of sp³-hybridized carbons (Fsp3) is 0.211. The lowest BCUT2D eigenvalue weighted by atomic mass is 10.2. The number of fused-ring (bicyclic) bond motifs is 1. The zero-order chi connectivity index (χ0) is 22.6. The Balaban J connectivity index is 1.55. The van der Waals surface area contributed by atoms with Crippen LogP contribution in [0.5, 0.6) is 5.75 Å². The zero-order valence-corrected chi connectivity index (χ0v) is 16.9. The molecule has 0 unspecified atom stereocenters. The summed E-state index contributed by atoms with van der Waals surface area (Å²) >= 11 is 0. The first-order valence-corrected chi connectivity index (χ1v) is 10.4. The van der Waals surface area contributed by atoms with Crippen LogP contribution in [0.2, 0.25) is 0 Å². The van der Waals surface area contributed by atoms with Gasteiger partial charge in [-0.3, -0.25) is 14.5 Å². The van der Waals surface area contributed by atoms with Crippen molar-refractivity contribution in [3.63, 3.8) is 0 Å². The van der Waals surface area contributed by atoms with Crippen molar-refractivity contribution >= 4 is 33.4 Å². The number of hydrogen-bond donors (Lipinski definition) is 2. The molecule has 2 aromatic carbocycles. The van der Waals surface area contributed by atoms with Gasteiger partial charge in [0, 0.05) is 11.3 Å². The number of nitrogens with zero attached hydrogens (tertiary/aromatic N) is 1. The summed E-state index contributed by atoms with van der Waals surface area (Å²) in [6, 6.07) is 10.3. The molecule has 164 valence electrons. The number of halogens is 2. The number of hydrogen-bond acceptors (Lipinski definition) is 7. The monoisotopic (exact) mass is 453 g/mol. The summed E-state index contributed by atoms with van der Waals surface area (Å²) in [5.74, 6) is -1.57. The van der Waals surface area contributed by atoms with Crippen molar-refractivity contribution < 1.29 is 36.3 Å². The number of rotatable bonds is 7. The molecule has 12 heteroatoms. The fourth-order valence-electron chi connectivity index (χ4n) is 2.65. The predicted molar refractivity (Wildman–Crippen MR) is 105 cm³/mol. The van der Waals surface area contributed by atoms with Gasteiger partial charge in [0.1, 0.15) is 17.6 Å². The fourth-order valence-corrected chi connectivity index (χ4v) is 3.89. The minimum absolute atomic E-state index is 0.00982. The lowest BCUT2D eigenvalue weighted by Crippen LogP contribution is -2.28. The van der Waals surface area contributed by atoms with E-state index >= 15 is 0 Å². The molecule has 1 aliphatic rings. The third kappa shape index (κ3) is 5.54. The number of sulfonamides is 1. The number of benzene rings is 2. The third-order valence-corrected chi connectivity index (χ3v) is 5.43. The molecule has 3 rings (SSSR count). The number of alkyl halides is 2. The number of amidine groups is 1. The molecule has 1 amide bonds. The van der Waals surface area contributed by atoms with Crippen LogP contribution in [0.3, 0.4) is 0 Å². The number of esters is 1. The first-order chi connectivity index (χ1) is 14.7. The Hall–Kier alpha value is -3.54. The van der Waals surface area contributed by atoms with E-state index in [0.29, 0.717) is 5.56 Å². The topological polar surface area (TPSA) is 123 Å². The maximum atomic E-state index is 12.1. The van der Waals surface area contributed by atoms with Gasteiger partial charge in [0.2, 0.25) is 0 Å². The van der Waals surface area contributed by atoms with E-state index in [4.69, 9.17) is 4.74 Å². The van der Waals surface area contributed by atoms with E-state index in [9.17, 15) is 26.8 Å². The van der Waals surface area contributed by atoms with Gasteiger partial charge in [0.15, 0.2) is 6.61 Å². The molecule has 2 N–H and O–H groups in total. The van der Waals surface area contributed by atoms with Gasteiger partial charge in [0.25, 0.3) is 15.9 Å². The molecule has 0 aromatic heterocycles. The van der Waals surface area contributed by atoms with Gasteiger partial charge in [-0.05, 0) is 43.3 Å². The van der Waals surface area contributed by atoms with E-state index in [1.165, 1.54) is 37.3 Å². The molecule has 0 fully saturated rings. The molecule has 0 radical (unpaired) electrons. The van der Waals surface area contributed by atoms with E-state index in [2.05, 4.69) is 19.8 Å². The van der Waals surface area contributed by atoms with Crippen molar-refractivity contribution in [1.29, 1.82) is 0 Å². The van der Waals surface area contributed by atoms with Crippen molar-refractivity contribution in [2.75, 3.05) is 11.9 Å². The molecule has 0 saturated carbocycles. The minimum Gasteiger partial charge on any atom is -0.454 e. The average molecular weight is 453 g/mol. The van der Waals surface area contributed by atoms with E-state index in [-0.39, 0.29) is 22.2 Å². The summed E-state index contributed by atoms with van der Waals surface area (Å²) < 4.78 is 59.8. The van der Waals surface area contributed by atoms with Crippen LogP contribution in [0.1, 0.15) is 12.5 Å². The number of carbonyl (C=O) groups excluding carboxylic acids is 2. The molecule has 0 saturated heterocycles. The van der Waals surface area contributed by atoms with E-state index in [1.54, 1.807) is 18.2 Å². The molecule has 9 nitrogen and oxygen atoms in total. The van der Waals surface area contributed by atoms with Gasteiger partial charge < -0.3 is 14.8 Å². The number of ether oxygens (including phenoxy) is 2. The van der Waals surface area contributed by atoms with Crippen LogP contribution >= 0.6 is 0 Å². The van der Waals surface area contributed by atoms with Gasteiger partial charge >= 0.3 is 12.6 Å². The molecule has 1 atom stereocenters. The SMILES string of the molecule is C[C@@H](N=C1NS(=O)(=O)c2ccccc21)C(=O)OCC(=O)Nc1ccc(OC(F)F)cc1. The maximum Gasteiger partial charge on any atom is 0.387 e. The summed E-state index contributed by atoms with van der Waals surface area (Å²) in [7, 11) is -3.74. The Bertz CT molecular complexity index is 1120. The summed E-state index contributed by atoms with van der Waals surface area (Å²) in [5.41, 5.74) is 0.618.